The first-order chi connectivity index (χ1) is 5.79. The summed E-state index contributed by atoms with van der Waals surface area (Å²) in [6.07, 6.45) is -2.66. The maximum atomic E-state index is 11.8. The smallest absolute Gasteiger partial charge is 0.297 e. The van der Waals surface area contributed by atoms with Crippen LogP contribution in [0.5, 0.6) is 0 Å². The molecule has 0 aliphatic carbocycles. The summed E-state index contributed by atoms with van der Waals surface area (Å²) in [7, 11) is 0. The number of halogens is 3. The molecule has 1 aliphatic rings. The lowest BCUT2D eigenvalue weighted by Gasteiger charge is -2.21. The molecule has 0 aromatic heterocycles. The van der Waals surface area contributed by atoms with Gasteiger partial charge < -0.3 is 0 Å². The molecule has 1 aliphatic heterocycles. The van der Waals surface area contributed by atoms with Crippen molar-refractivity contribution < 1.29 is 13.2 Å². The van der Waals surface area contributed by atoms with Crippen LogP contribution in [0.1, 0.15) is 26.7 Å². The Labute approximate surface area is 75.9 Å². The molecule has 0 spiro atoms. The molecule has 1 atom stereocenters. The molecule has 1 saturated heterocycles. The van der Waals surface area contributed by atoms with Crippen molar-refractivity contribution in [3.05, 3.63) is 0 Å². The van der Waals surface area contributed by atoms with Gasteiger partial charge in [0.2, 0.25) is 0 Å². The van der Waals surface area contributed by atoms with Crippen molar-refractivity contribution in [2.24, 2.45) is 0 Å². The summed E-state index contributed by atoms with van der Waals surface area (Å²) in [4.78, 5) is 0. The third-order valence-electron chi connectivity index (χ3n) is 2.17. The number of hydrogen-bond acceptors (Lipinski definition) is 2. The van der Waals surface area contributed by atoms with Gasteiger partial charge in [0.05, 0.1) is 12.7 Å². The lowest BCUT2D eigenvalue weighted by atomic mass is 10.0. The lowest BCUT2D eigenvalue weighted by Crippen LogP contribution is -2.47. The Morgan fingerprint density at radius 1 is 1.46 bits per heavy atom. The highest BCUT2D eigenvalue weighted by atomic mass is 19.4. The Morgan fingerprint density at radius 2 is 2.08 bits per heavy atom. The maximum Gasteiger partial charge on any atom is 0.401 e. The molecule has 0 bridgehead atoms. The third-order valence-corrected chi connectivity index (χ3v) is 2.17. The molecule has 0 amide bonds. The monoisotopic (exact) mass is 196 g/mol. The van der Waals surface area contributed by atoms with E-state index in [0.717, 1.165) is 12.8 Å². The number of hydrogen-bond donors (Lipinski definition) is 2. The van der Waals surface area contributed by atoms with Gasteiger partial charge in [-0.3, -0.25) is 10.6 Å². The van der Waals surface area contributed by atoms with Gasteiger partial charge in [-0.05, 0) is 26.7 Å². The highest BCUT2D eigenvalue weighted by Gasteiger charge is 2.33. The zero-order chi connectivity index (χ0) is 10.1. The quantitative estimate of drug-likeness (QED) is 0.701. The predicted molar refractivity (Wildman–Crippen MR) is 44.3 cm³/mol. The van der Waals surface area contributed by atoms with Crippen molar-refractivity contribution in [3.8, 4) is 0 Å². The molecule has 2 nitrogen and oxygen atoms in total. The molecule has 78 valence electrons. The Hall–Kier alpha value is -0.290. The maximum absolute atomic E-state index is 11.8. The lowest BCUT2D eigenvalue weighted by molar-refractivity contribution is -0.126. The summed E-state index contributed by atoms with van der Waals surface area (Å²) >= 11 is 0. The molecule has 5 heteroatoms. The summed E-state index contributed by atoms with van der Waals surface area (Å²) in [5.74, 6) is 0. The van der Waals surface area contributed by atoms with E-state index in [-0.39, 0.29) is 11.7 Å². The molecule has 0 radical (unpaired) electrons. The molecule has 1 fully saturated rings. The van der Waals surface area contributed by atoms with E-state index in [1.54, 1.807) is 0 Å². The SMILES string of the molecule is CC1(C)CCC(NCC(F)(F)F)N1. The van der Waals surface area contributed by atoms with Gasteiger partial charge in [-0.1, -0.05) is 0 Å². The van der Waals surface area contributed by atoms with E-state index in [4.69, 9.17) is 0 Å². The second-order valence-corrected chi connectivity index (χ2v) is 4.12. The fourth-order valence-corrected chi connectivity index (χ4v) is 1.51. The van der Waals surface area contributed by atoms with Crippen LogP contribution in [-0.4, -0.2) is 24.4 Å². The first-order valence-electron chi connectivity index (χ1n) is 4.36. The normalized spacial score (nSPS) is 27.9. The van der Waals surface area contributed by atoms with Crippen molar-refractivity contribution in [2.75, 3.05) is 6.54 Å². The minimum atomic E-state index is -4.12. The molecule has 13 heavy (non-hydrogen) atoms. The van der Waals surface area contributed by atoms with Crippen LogP contribution in [0.25, 0.3) is 0 Å². The second kappa shape index (κ2) is 3.46. The molecule has 1 unspecified atom stereocenters. The van der Waals surface area contributed by atoms with Gasteiger partial charge in [0, 0.05) is 5.54 Å². The predicted octanol–water partition coefficient (Wildman–Crippen LogP) is 1.63. The topological polar surface area (TPSA) is 24.1 Å². The fourth-order valence-electron chi connectivity index (χ4n) is 1.51. The van der Waals surface area contributed by atoms with E-state index in [1.807, 2.05) is 13.8 Å². The van der Waals surface area contributed by atoms with Crippen LogP contribution in [0.15, 0.2) is 0 Å². The minimum absolute atomic E-state index is 0.0384. The second-order valence-electron chi connectivity index (χ2n) is 4.12. The van der Waals surface area contributed by atoms with E-state index < -0.39 is 12.7 Å². The Morgan fingerprint density at radius 3 is 2.46 bits per heavy atom. The van der Waals surface area contributed by atoms with E-state index in [2.05, 4.69) is 10.6 Å². The highest BCUT2D eigenvalue weighted by molar-refractivity contribution is 4.89. The zero-order valence-electron chi connectivity index (χ0n) is 7.83. The molecule has 0 aromatic carbocycles. The van der Waals surface area contributed by atoms with Crippen LogP contribution in [-0.2, 0) is 0 Å². The van der Waals surface area contributed by atoms with E-state index >= 15 is 0 Å². The van der Waals surface area contributed by atoms with Crippen LogP contribution in [0, 0.1) is 0 Å². The number of nitrogens with one attached hydrogen (secondary N) is 2. The van der Waals surface area contributed by atoms with Crippen molar-refractivity contribution >= 4 is 0 Å². The summed E-state index contributed by atoms with van der Waals surface area (Å²) in [6, 6.07) is 0. The van der Waals surface area contributed by atoms with E-state index in [0.29, 0.717) is 0 Å². The van der Waals surface area contributed by atoms with Crippen LogP contribution < -0.4 is 10.6 Å². The van der Waals surface area contributed by atoms with E-state index in [1.165, 1.54) is 0 Å². The Bertz CT molecular complexity index is 177. The summed E-state index contributed by atoms with van der Waals surface area (Å²) in [6.45, 7) is 3.06. The van der Waals surface area contributed by atoms with Gasteiger partial charge in [-0.25, -0.2) is 0 Å². The van der Waals surface area contributed by atoms with Crippen molar-refractivity contribution in [1.82, 2.24) is 10.6 Å². The molecule has 1 rings (SSSR count). The standard InChI is InChI=1S/C8H15F3N2/c1-7(2)4-3-6(13-7)12-5-8(9,10)11/h6,12-13H,3-5H2,1-2H3. The third kappa shape index (κ3) is 3.95. The van der Waals surface area contributed by atoms with Crippen molar-refractivity contribution in [2.45, 2.75) is 44.6 Å². The Kier molecular flexibility index (Phi) is 2.87. The average molecular weight is 196 g/mol. The molecule has 1 heterocycles. The van der Waals surface area contributed by atoms with Crippen LogP contribution >= 0.6 is 0 Å². The summed E-state index contributed by atoms with van der Waals surface area (Å²) in [5.41, 5.74) is -0.0384. The zero-order valence-corrected chi connectivity index (χ0v) is 7.83. The first kappa shape index (κ1) is 10.8. The van der Waals surface area contributed by atoms with E-state index in [9.17, 15) is 13.2 Å². The molecule has 0 aromatic rings. The highest BCUT2D eigenvalue weighted by Crippen LogP contribution is 2.21. The van der Waals surface area contributed by atoms with Crippen LogP contribution in [0.4, 0.5) is 13.2 Å². The van der Waals surface area contributed by atoms with Gasteiger partial charge in [0.1, 0.15) is 0 Å². The first-order valence-corrected chi connectivity index (χ1v) is 4.36. The van der Waals surface area contributed by atoms with Crippen molar-refractivity contribution in [3.63, 3.8) is 0 Å². The molecule has 0 saturated carbocycles. The van der Waals surface area contributed by atoms with Crippen LogP contribution in [0.2, 0.25) is 0 Å². The molecule has 2 N–H and O–H groups in total. The molecular weight excluding hydrogens is 181 g/mol. The Balaban J connectivity index is 2.25. The van der Waals surface area contributed by atoms with Gasteiger partial charge in [-0.15, -0.1) is 0 Å². The van der Waals surface area contributed by atoms with Crippen LogP contribution in [0.3, 0.4) is 0 Å². The average Bonchev–Trinajstić information content (AvgIpc) is 2.24. The largest absolute Gasteiger partial charge is 0.401 e. The fraction of sp³-hybridized carbons (Fsp3) is 1.00. The minimum Gasteiger partial charge on any atom is -0.297 e. The van der Waals surface area contributed by atoms with Gasteiger partial charge >= 0.3 is 6.18 Å². The number of rotatable bonds is 2. The van der Waals surface area contributed by atoms with Gasteiger partial charge in [-0.2, -0.15) is 13.2 Å². The van der Waals surface area contributed by atoms with Gasteiger partial charge in [0.15, 0.2) is 0 Å². The van der Waals surface area contributed by atoms with Gasteiger partial charge in [0.25, 0.3) is 0 Å². The summed E-state index contributed by atoms with van der Waals surface area (Å²) in [5, 5.41) is 5.53. The number of alkyl halides is 3. The molecular formula is C8H15F3N2. The summed E-state index contributed by atoms with van der Waals surface area (Å²) < 4.78 is 35.4. The van der Waals surface area contributed by atoms with Crippen molar-refractivity contribution in [1.29, 1.82) is 0 Å².